The molecule has 1 aliphatic rings. The molecule has 0 spiro atoms. The van der Waals surface area contributed by atoms with Crippen molar-refractivity contribution in [3.63, 3.8) is 0 Å². The molecular weight excluding hydrogens is 462 g/mol. The fraction of sp³-hybridized carbons (Fsp3) is 0.0833. The van der Waals surface area contributed by atoms with Gasteiger partial charge in [-0.3, -0.25) is 14.5 Å². The number of aryl methyl sites for hydroxylation is 1. The minimum absolute atomic E-state index is 0.0322. The number of benzene rings is 2. The highest BCUT2D eigenvalue weighted by molar-refractivity contribution is 9.10. The third kappa shape index (κ3) is 3.18. The number of aliphatic hydroxyl groups excluding tert-OH is 1. The van der Waals surface area contributed by atoms with Crippen LogP contribution in [0.2, 0.25) is 0 Å². The van der Waals surface area contributed by atoms with Gasteiger partial charge in [-0.05, 0) is 55.5 Å². The number of ketones is 1. The first kappa shape index (κ1) is 19.4. The van der Waals surface area contributed by atoms with Gasteiger partial charge in [0, 0.05) is 15.5 Å². The molecule has 3 heterocycles. The fourth-order valence-corrected chi connectivity index (χ4v) is 4.16. The summed E-state index contributed by atoms with van der Waals surface area (Å²) in [6.45, 7) is 1.93. The Balaban J connectivity index is 1.63. The van der Waals surface area contributed by atoms with E-state index in [0.717, 1.165) is 15.4 Å². The van der Waals surface area contributed by atoms with E-state index in [-0.39, 0.29) is 11.3 Å². The second kappa shape index (κ2) is 7.28. The van der Waals surface area contributed by atoms with Gasteiger partial charge in [0.1, 0.15) is 17.4 Å². The highest BCUT2D eigenvalue weighted by atomic mass is 79.9. The summed E-state index contributed by atoms with van der Waals surface area (Å²) in [7, 11) is 0. The van der Waals surface area contributed by atoms with Crippen molar-refractivity contribution >= 4 is 44.3 Å². The second-order valence-corrected chi connectivity index (χ2v) is 8.23. The number of halogens is 1. The number of fused-ring (bicyclic) bond motifs is 1. The van der Waals surface area contributed by atoms with Crippen LogP contribution in [0.25, 0.3) is 11.0 Å². The van der Waals surface area contributed by atoms with Gasteiger partial charge in [0.05, 0.1) is 11.8 Å². The zero-order valence-corrected chi connectivity index (χ0v) is 17.9. The summed E-state index contributed by atoms with van der Waals surface area (Å²) in [4.78, 5) is 27.9. The van der Waals surface area contributed by atoms with E-state index in [1.54, 1.807) is 42.5 Å². The molecule has 7 heteroatoms. The van der Waals surface area contributed by atoms with E-state index in [0.29, 0.717) is 17.0 Å². The minimum atomic E-state index is -0.919. The van der Waals surface area contributed by atoms with Crippen molar-refractivity contribution in [2.45, 2.75) is 13.0 Å². The molecule has 31 heavy (non-hydrogen) atoms. The summed E-state index contributed by atoms with van der Waals surface area (Å²) >= 11 is 3.40. The van der Waals surface area contributed by atoms with Crippen LogP contribution in [0.4, 0.5) is 5.69 Å². The Labute approximate surface area is 185 Å². The molecule has 2 aromatic heterocycles. The fourth-order valence-electron chi connectivity index (χ4n) is 3.78. The summed E-state index contributed by atoms with van der Waals surface area (Å²) < 4.78 is 12.1. The number of hydrogen-bond acceptors (Lipinski definition) is 5. The Hall–Kier alpha value is -3.58. The van der Waals surface area contributed by atoms with E-state index in [9.17, 15) is 14.7 Å². The molecule has 6 nitrogen and oxygen atoms in total. The molecule has 1 amide bonds. The van der Waals surface area contributed by atoms with Gasteiger partial charge in [-0.1, -0.05) is 33.6 Å². The SMILES string of the molecule is Cc1ccc(N2C(=O)C(O)=C(C(=O)c3cc4cc(Br)ccc4o3)C2c2ccco2)cc1. The Bertz CT molecular complexity index is 1350. The molecule has 154 valence electrons. The lowest BCUT2D eigenvalue weighted by atomic mass is 9.99. The molecule has 1 aliphatic heterocycles. The van der Waals surface area contributed by atoms with Gasteiger partial charge in [-0.25, -0.2) is 0 Å². The Morgan fingerprint density at radius 2 is 1.87 bits per heavy atom. The highest BCUT2D eigenvalue weighted by Crippen LogP contribution is 2.42. The van der Waals surface area contributed by atoms with Crippen LogP contribution >= 0.6 is 15.9 Å². The number of aliphatic hydroxyl groups is 1. The molecule has 0 aliphatic carbocycles. The number of hydrogen-bond donors (Lipinski definition) is 1. The number of anilines is 1. The average Bonchev–Trinajstić information content (AvgIpc) is 3.47. The molecule has 0 saturated heterocycles. The van der Waals surface area contributed by atoms with Crippen molar-refractivity contribution in [2.75, 3.05) is 4.90 Å². The maximum Gasteiger partial charge on any atom is 0.294 e. The van der Waals surface area contributed by atoms with E-state index in [1.807, 2.05) is 25.1 Å². The van der Waals surface area contributed by atoms with Crippen LogP contribution in [0.5, 0.6) is 0 Å². The number of furan rings is 2. The first-order valence-corrected chi connectivity index (χ1v) is 10.3. The molecule has 4 aromatic rings. The number of Topliss-reactive ketones (excluding diaryl/α,β-unsaturated/α-hetero) is 1. The normalized spacial score (nSPS) is 16.5. The molecule has 0 radical (unpaired) electrons. The van der Waals surface area contributed by atoms with Crippen LogP contribution in [-0.2, 0) is 4.79 Å². The lowest BCUT2D eigenvalue weighted by Gasteiger charge is -2.24. The van der Waals surface area contributed by atoms with Gasteiger partial charge in [-0.15, -0.1) is 0 Å². The van der Waals surface area contributed by atoms with Gasteiger partial charge in [0.25, 0.3) is 5.91 Å². The van der Waals surface area contributed by atoms with Crippen LogP contribution in [0.15, 0.2) is 91.6 Å². The maximum atomic E-state index is 13.5. The van der Waals surface area contributed by atoms with E-state index < -0.39 is 23.5 Å². The molecule has 0 fully saturated rings. The summed E-state index contributed by atoms with van der Waals surface area (Å²) in [6.07, 6.45) is 1.46. The molecule has 2 aromatic carbocycles. The number of rotatable bonds is 4. The average molecular weight is 478 g/mol. The zero-order valence-electron chi connectivity index (χ0n) is 16.3. The topological polar surface area (TPSA) is 83.9 Å². The van der Waals surface area contributed by atoms with Gasteiger partial charge in [0.2, 0.25) is 5.78 Å². The van der Waals surface area contributed by atoms with Gasteiger partial charge >= 0.3 is 0 Å². The monoisotopic (exact) mass is 477 g/mol. The first-order valence-electron chi connectivity index (χ1n) is 9.54. The van der Waals surface area contributed by atoms with Crippen molar-refractivity contribution in [1.29, 1.82) is 0 Å². The summed E-state index contributed by atoms with van der Waals surface area (Å²) in [5.74, 6) is -1.47. The molecule has 1 unspecified atom stereocenters. The van der Waals surface area contributed by atoms with E-state index in [2.05, 4.69) is 15.9 Å². The third-order valence-corrected chi connectivity index (χ3v) is 5.77. The number of amides is 1. The number of carbonyl (C=O) groups excluding carboxylic acids is 2. The van der Waals surface area contributed by atoms with Crippen molar-refractivity contribution in [3.05, 3.63) is 99.8 Å². The Morgan fingerprint density at radius 1 is 1.10 bits per heavy atom. The second-order valence-electron chi connectivity index (χ2n) is 7.31. The van der Waals surface area contributed by atoms with Gasteiger partial charge in [0.15, 0.2) is 11.5 Å². The quantitative estimate of drug-likeness (QED) is 0.371. The first-order chi connectivity index (χ1) is 14.9. The lowest BCUT2D eigenvalue weighted by molar-refractivity contribution is -0.117. The zero-order chi connectivity index (χ0) is 21.7. The smallest absolute Gasteiger partial charge is 0.294 e. The molecular formula is C24H16BrNO5. The molecule has 0 saturated carbocycles. The summed E-state index contributed by atoms with van der Waals surface area (Å²) in [5, 5.41) is 11.5. The Kier molecular flexibility index (Phi) is 4.55. The third-order valence-electron chi connectivity index (χ3n) is 5.28. The van der Waals surface area contributed by atoms with Crippen molar-refractivity contribution in [1.82, 2.24) is 0 Å². The van der Waals surface area contributed by atoms with Gasteiger partial charge in [-0.2, -0.15) is 0 Å². The van der Waals surface area contributed by atoms with Crippen LogP contribution in [0.3, 0.4) is 0 Å². The minimum Gasteiger partial charge on any atom is -0.503 e. The Morgan fingerprint density at radius 3 is 2.58 bits per heavy atom. The molecule has 1 N–H and O–H groups in total. The molecule has 5 rings (SSSR count). The van der Waals surface area contributed by atoms with Crippen LogP contribution < -0.4 is 4.90 Å². The van der Waals surface area contributed by atoms with Crippen molar-refractivity contribution < 1.29 is 23.5 Å². The molecule has 0 bridgehead atoms. The maximum absolute atomic E-state index is 13.5. The van der Waals surface area contributed by atoms with Crippen LogP contribution in [0, 0.1) is 6.92 Å². The van der Waals surface area contributed by atoms with Gasteiger partial charge < -0.3 is 13.9 Å². The van der Waals surface area contributed by atoms with Crippen LogP contribution in [-0.4, -0.2) is 16.8 Å². The summed E-state index contributed by atoms with van der Waals surface area (Å²) in [6, 6.07) is 16.6. The predicted molar refractivity (Wildman–Crippen MR) is 118 cm³/mol. The standard InChI is InChI=1S/C24H16BrNO5/c1-13-4-7-16(8-5-13)26-21(18-3-2-10-30-18)20(23(28)24(26)29)22(27)19-12-14-11-15(25)6-9-17(14)31-19/h2-12,21,28H,1H3. The van der Waals surface area contributed by atoms with E-state index in [4.69, 9.17) is 8.83 Å². The highest BCUT2D eigenvalue weighted by Gasteiger charge is 2.46. The summed E-state index contributed by atoms with van der Waals surface area (Å²) in [5.41, 5.74) is 2.01. The molecule has 1 atom stereocenters. The largest absolute Gasteiger partial charge is 0.503 e. The number of nitrogens with zero attached hydrogens (tertiary/aromatic N) is 1. The predicted octanol–water partition coefficient (Wildman–Crippen LogP) is 5.88. The van der Waals surface area contributed by atoms with Crippen LogP contribution in [0.1, 0.15) is 27.9 Å². The van der Waals surface area contributed by atoms with Crippen molar-refractivity contribution in [2.24, 2.45) is 0 Å². The van der Waals surface area contributed by atoms with E-state index >= 15 is 0 Å². The van der Waals surface area contributed by atoms with E-state index in [1.165, 1.54) is 11.2 Å². The number of carbonyl (C=O) groups is 2. The lowest BCUT2D eigenvalue weighted by Crippen LogP contribution is -2.30. The van der Waals surface area contributed by atoms with Crippen molar-refractivity contribution in [3.8, 4) is 0 Å².